The van der Waals surface area contributed by atoms with Crippen LogP contribution in [0.1, 0.15) is 63.4 Å². The van der Waals surface area contributed by atoms with Crippen molar-refractivity contribution in [3.05, 3.63) is 105 Å². The van der Waals surface area contributed by atoms with Crippen LogP contribution in [0.2, 0.25) is 0 Å². The third kappa shape index (κ3) is 3.61. The van der Waals surface area contributed by atoms with Crippen molar-refractivity contribution in [1.29, 1.82) is 0 Å². The van der Waals surface area contributed by atoms with Crippen LogP contribution in [0.4, 0.5) is 0 Å². The van der Waals surface area contributed by atoms with Gasteiger partial charge in [-0.3, -0.25) is 0 Å². The summed E-state index contributed by atoms with van der Waals surface area (Å²) < 4.78 is 0. The molecule has 0 radical (unpaired) electrons. The summed E-state index contributed by atoms with van der Waals surface area (Å²) >= 11 is 0. The van der Waals surface area contributed by atoms with Crippen LogP contribution in [0.5, 0.6) is 0 Å². The van der Waals surface area contributed by atoms with E-state index in [4.69, 9.17) is 20.0 Å². The number of hydrogen-bond donors (Lipinski definition) is 0. The van der Waals surface area contributed by atoms with Crippen molar-refractivity contribution >= 4 is 11.7 Å². The molecule has 2 atom stereocenters. The molecule has 0 spiro atoms. The van der Waals surface area contributed by atoms with Gasteiger partial charge in [-0.25, -0.2) is 0 Å². The quantitative estimate of drug-likeness (QED) is 0.423. The first-order chi connectivity index (χ1) is 18.1. The van der Waals surface area contributed by atoms with Gasteiger partial charge in [0.2, 0.25) is 11.4 Å². The molecule has 38 heavy (non-hydrogen) atoms. The zero-order valence-electron chi connectivity index (χ0n) is 23.4. The number of hydrogen-bond acceptors (Lipinski definition) is 6. The minimum atomic E-state index is -0.813. The Morgan fingerprint density at radius 2 is 1.13 bits per heavy atom. The van der Waals surface area contributed by atoms with Gasteiger partial charge in [0, 0.05) is 29.8 Å². The molecule has 3 aromatic rings. The zero-order chi connectivity index (χ0) is 26.8. The molecule has 196 valence electrons. The molecule has 3 aliphatic rings. The lowest BCUT2D eigenvalue weighted by molar-refractivity contribution is -0.170. The molecule has 0 aliphatic carbocycles. The van der Waals surface area contributed by atoms with Crippen molar-refractivity contribution in [1.82, 2.24) is 9.80 Å². The summed E-state index contributed by atoms with van der Waals surface area (Å²) in [5.74, 6) is 1.78. The number of aryl methyl sites for hydroxylation is 6. The Kier molecular flexibility index (Phi) is 5.56. The molecule has 3 aromatic carbocycles. The minimum absolute atomic E-state index is 0.540. The van der Waals surface area contributed by atoms with Crippen molar-refractivity contribution < 1.29 is 9.68 Å². The van der Waals surface area contributed by atoms with E-state index in [-0.39, 0.29) is 0 Å². The average molecular weight is 509 g/mol. The summed E-state index contributed by atoms with van der Waals surface area (Å²) in [6.07, 6.45) is 0.540. The van der Waals surface area contributed by atoms with E-state index in [9.17, 15) is 0 Å². The van der Waals surface area contributed by atoms with Gasteiger partial charge >= 0.3 is 0 Å². The molecule has 0 amide bonds. The van der Waals surface area contributed by atoms with Gasteiger partial charge in [0.15, 0.2) is 11.7 Å². The number of fused-ring (bicyclic) bond motifs is 2. The van der Waals surface area contributed by atoms with Crippen LogP contribution in [0.15, 0.2) is 64.9 Å². The monoisotopic (exact) mass is 508 g/mol. The van der Waals surface area contributed by atoms with Crippen LogP contribution >= 0.6 is 0 Å². The van der Waals surface area contributed by atoms with Crippen molar-refractivity contribution in [3.8, 4) is 0 Å². The maximum atomic E-state index is 6.55. The molecular formula is C32H36N4O2. The second-order valence-electron chi connectivity index (χ2n) is 11.4. The Hall–Kier alpha value is -3.80. The second kappa shape index (κ2) is 8.62. The molecule has 3 aliphatic heterocycles. The van der Waals surface area contributed by atoms with Crippen LogP contribution in [0, 0.1) is 41.5 Å². The molecule has 0 N–H and O–H groups in total. The van der Waals surface area contributed by atoms with Crippen molar-refractivity contribution in [3.63, 3.8) is 0 Å². The zero-order valence-corrected chi connectivity index (χ0v) is 23.4. The molecule has 1 fully saturated rings. The molecule has 0 unspecified atom stereocenters. The van der Waals surface area contributed by atoms with E-state index in [1.54, 1.807) is 0 Å². The first kappa shape index (κ1) is 24.5. The van der Waals surface area contributed by atoms with Crippen molar-refractivity contribution in [2.75, 3.05) is 13.1 Å². The molecule has 6 rings (SSSR count). The summed E-state index contributed by atoms with van der Waals surface area (Å²) in [7, 11) is 0. The SMILES string of the molecule is Cc1cc(C)c(C2=NO[C@]3(c4ccccc4)C[C@]4(C)ON=C(c5c(C)cc(C)cc5C)N4CCN23)c(C)c1. The molecule has 6 nitrogen and oxygen atoms in total. The summed E-state index contributed by atoms with van der Waals surface area (Å²) in [6, 6.07) is 19.3. The topological polar surface area (TPSA) is 49.7 Å². The Labute approximate surface area is 225 Å². The van der Waals surface area contributed by atoms with Crippen LogP contribution in [0.25, 0.3) is 0 Å². The van der Waals surface area contributed by atoms with Gasteiger partial charge in [0.25, 0.3) is 0 Å². The lowest BCUT2D eigenvalue weighted by Crippen LogP contribution is -2.51. The minimum Gasteiger partial charge on any atom is -0.365 e. The number of oxime groups is 2. The average Bonchev–Trinajstić information content (AvgIpc) is 3.31. The molecule has 3 heterocycles. The van der Waals surface area contributed by atoms with Crippen LogP contribution in [0.3, 0.4) is 0 Å². The highest BCUT2D eigenvalue weighted by molar-refractivity contribution is 6.03. The van der Waals surface area contributed by atoms with Gasteiger partial charge in [0.05, 0.1) is 6.42 Å². The molecule has 0 saturated carbocycles. The van der Waals surface area contributed by atoms with Gasteiger partial charge in [-0.05, 0) is 70.7 Å². The maximum absolute atomic E-state index is 6.55. The van der Waals surface area contributed by atoms with Gasteiger partial charge in [-0.15, -0.1) is 0 Å². The highest BCUT2D eigenvalue weighted by Gasteiger charge is 2.59. The van der Waals surface area contributed by atoms with Crippen molar-refractivity contribution in [2.45, 2.75) is 66.3 Å². The van der Waals surface area contributed by atoms with E-state index in [0.29, 0.717) is 13.0 Å². The lowest BCUT2D eigenvalue weighted by atomic mass is 9.90. The summed E-state index contributed by atoms with van der Waals surface area (Å²) in [6.45, 7) is 16.5. The number of benzene rings is 3. The Bertz CT molecular complexity index is 1450. The third-order valence-corrected chi connectivity index (χ3v) is 8.27. The molecule has 1 saturated heterocycles. The Morgan fingerprint density at radius 3 is 1.68 bits per heavy atom. The first-order valence-electron chi connectivity index (χ1n) is 13.4. The van der Waals surface area contributed by atoms with Gasteiger partial charge in [-0.2, -0.15) is 0 Å². The second-order valence-corrected chi connectivity index (χ2v) is 11.4. The molecule has 6 heteroatoms. The predicted molar refractivity (Wildman–Crippen MR) is 151 cm³/mol. The predicted octanol–water partition coefficient (Wildman–Crippen LogP) is 6.20. The Balaban J connectivity index is 1.47. The summed E-state index contributed by atoms with van der Waals surface area (Å²) in [4.78, 5) is 17.6. The number of nitrogens with zero attached hydrogens (tertiary/aromatic N) is 4. The number of rotatable bonds is 3. The summed E-state index contributed by atoms with van der Waals surface area (Å²) in [5, 5.41) is 9.48. The van der Waals surface area contributed by atoms with Gasteiger partial charge < -0.3 is 19.5 Å². The lowest BCUT2D eigenvalue weighted by Gasteiger charge is -2.39. The van der Waals surface area contributed by atoms with E-state index in [2.05, 4.69) is 107 Å². The van der Waals surface area contributed by atoms with E-state index >= 15 is 0 Å². The number of amidine groups is 2. The van der Waals surface area contributed by atoms with Gasteiger partial charge in [-0.1, -0.05) is 76.0 Å². The smallest absolute Gasteiger partial charge is 0.243 e. The summed E-state index contributed by atoms with van der Waals surface area (Å²) in [5.41, 5.74) is 9.16. The van der Waals surface area contributed by atoms with Crippen LogP contribution < -0.4 is 0 Å². The molecular weight excluding hydrogens is 472 g/mol. The highest BCUT2D eigenvalue weighted by atomic mass is 16.7. The highest BCUT2D eigenvalue weighted by Crippen LogP contribution is 2.48. The van der Waals surface area contributed by atoms with E-state index in [1.807, 2.05) is 6.07 Å². The third-order valence-electron chi connectivity index (χ3n) is 8.27. The van der Waals surface area contributed by atoms with Crippen LogP contribution in [-0.4, -0.2) is 40.3 Å². The molecule has 0 aromatic heterocycles. The van der Waals surface area contributed by atoms with Gasteiger partial charge in [0.1, 0.15) is 0 Å². The normalized spacial score (nSPS) is 24.2. The maximum Gasteiger partial charge on any atom is 0.243 e. The van der Waals surface area contributed by atoms with Crippen LogP contribution in [-0.2, 0) is 15.4 Å². The fraction of sp³-hybridized carbons (Fsp3) is 0.375. The van der Waals surface area contributed by atoms with E-state index in [0.717, 1.165) is 34.9 Å². The van der Waals surface area contributed by atoms with E-state index < -0.39 is 11.4 Å². The molecule has 0 bridgehead atoms. The Morgan fingerprint density at radius 1 is 0.658 bits per heavy atom. The fourth-order valence-electron chi connectivity index (χ4n) is 6.82. The first-order valence-corrected chi connectivity index (χ1v) is 13.4. The van der Waals surface area contributed by atoms with E-state index in [1.165, 1.54) is 33.4 Å². The standard InChI is InChI=1S/C32H36N4O2/c1-20-15-22(3)27(23(4)16-20)29-33-37-31(7)19-32(26-11-9-8-10-12-26)36(14-13-35(29)31)30(34-38-32)28-24(5)17-21(2)18-25(28)6/h8-12,15-18H,13-14,19H2,1-7H3/t31-,32-/m0/s1. The van der Waals surface area contributed by atoms with Crippen molar-refractivity contribution in [2.24, 2.45) is 10.3 Å². The fourth-order valence-corrected chi connectivity index (χ4v) is 6.82. The largest absolute Gasteiger partial charge is 0.365 e.